The Hall–Kier alpha value is -1.99. The van der Waals surface area contributed by atoms with Crippen molar-refractivity contribution in [2.75, 3.05) is 0 Å². The number of nitrogens with zero attached hydrogens (tertiary/aromatic N) is 5. The van der Waals surface area contributed by atoms with Gasteiger partial charge in [0.25, 0.3) is 5.95 Å². The maximum atomic E-state index is 10.7. The molecule has 0 aliphatic carbocycles. The Bertz CT molecular complexity index is 384. The molecule has 2 rings (SSSR count). The summed E-state index contributed by atoms with van der Waals surface area (Å²) in [5, 5.41) is 15.7. The van der Waals surface area contributed by atoms with E-state index >= 15 is 0 Å². The summed E-state index contributed by atoms with van der Waals surface area (Å²) in [7, 11) is 0. The number of tetrazole rings is 1. The van der Waals surface area contributed by atoms with Crippen LogP contribution in [-0.2, 0) is 0 Å². The molecule has 0 unspecified atom stereocenters. The predicted octanol–water partition coefficient (Wildman–Crippen LogP) is -1.66. The first-order chi connectivity index (χ1) is 5.38. The molecule has 0 amide bonds. The van der Waals surface area contributed by atoms with Gasteiger partial charge in [0.15, 0.2) is 0 Å². The molecule has 2 aromatic rings. The highest BCUT2D eigenvalue weighted by atomic mass is 16.5. The summed E-state index contributed by atoms with van der Waals surface area (Å²) in [6, 6.07) is 0. The highest BCUT2D eigenvalue weighted by Gasteiger charge is 2.05. The van der Waals surface area contributed by atoms with Gasteiger partial charge in [-0.25, -0.2) is 4.79 Å². The second kappa shape index (κ2) is 2.01. The SMILES string of the molecule is O=c1oncn1-c1nn[nH]n1. The number of aromatic amines is 1. The van der Waals surface area contributed by atoms with Crippen LogP contribution in [0.1, 0.15) is 0 Å². The van der Waals surface area contributed by atoms with Gasteiger partial charge in [-0.1, -0.05) is 10.3 Å². The van der Waals surface area contributed by atoms with E-state index in [1.54, 1.807) is 0 Å². The average molecular weight is 154 g/mol. The highest BCUT2D eigenvalue weighted by Crippen LogP contribution is 1.87. The van der Waals surface area contributed by atoms with E-state index in [2.05, 4.69) is 30.3 Å². The zero-order chi connectivity index (χ0) is 7.68. The molecule has 0 atom stereocenters. The normalized spacial score (nSPS) is 10.2. The lowest BCUT2D eigenvalue weighted by molar-refractivity contribution is 0.381. The molecule has 0 aliphatic rings. The molecule has 11 heavy (non-hydrogen) atoms. The third-order valence-corrected chi connectivity index (χ3v) is 1.04. The Morgan fingerprint density at radius 2 is 2.55 bits per heavy atom. The molecule has 2 aromatic heterocycles. The molecule has 56 valence electrons. The Morgan fingerprint density at radius 1 is 1.64 bits per heavy atom. The number of nitrogens with one attached hydrogen (secondary N) is 1. The van der Waals surface area contributed by atoms with Crippen LogP contribution in [0.3, 0.4) is 0 Å². The first-order valence-electron chi connectivity index (χ1n) is 2.65. The number of aromatic nitrogens is 6. The Kier molecular flexibility index (Phi) is 1.05. The van der Waals surface area contributed by atoms with E-state index < -0.39 is 5.76 Å². The van der Waals surface area contributed by atoms with Crippen molar-refractivity contribution in [1.29, 1.82) is 0 Å². The van der Waals surface area contributed by atoms with Gasteiger partial charge < -0.3 is 0 Å². The van der Waals surface area contributed by atoms with Gasteiger partial charge in [0.2, 0.25) is 0 Å². The second-order valence-electron chi connectivity index (χ2n) is 1.66. The molecule has 2 heterocycles. The van der Waals surface area contributed by atoms with Gasteiger partial charge in [-0.05, 0) is 5.21 Å². The van der Waals surface area contributed by atoms with E-state index in [1.165, 1.54) is 0 Å². The van der Waals surface area contributed by atoms with Gasteiger partial charge in [0.1, 0.15) is 6.33 Å². The standard InChI is InChI=1S/C3H2N6O2/c10-3-9(1-4-11-3)2-5-7-8-6-2/h1H,(H,5,6,7,8). The summed E-state index contributed by atoms with van der Waals surface area (Å²) in [4.78, 5) is 10.7. The Balaban J connectivity index is 2.62. The van der Waals surface area contributed by atoms with Crippen molar-refractivity contribution in [2.45, 2.75) is 0 Å². The lowest BCUT2D eigenvalue weighted by atomic mass is 10.9. The summed E-state index contributed by atoms with van der Waals surface area (Å²) in [6.07, 6.45) is 1.16. The van der Waals surface area contributed by atoms with Gasteiger partial charge >= 0.3 is 5.76 Å². The molecule has 0 bridgehead atoms. The molecule has 0 aromatic carbocycles. The predicted molar refractivity (Wildman–Crippen MR) is 29.8 cm³/mol. The minimum Gasteiger partial charge on any atom is -0.296 e. The van der Waals surface area contributed by atoms with Crippen LogP contribution in [0.15, 0.2) is 15.6 Å². The smallest absolute Gasteiger partial charge is 0.296 e. The van der Waals surface area contributed by atoms with Gasteiger partial charge in [0.05, 0.1) is 0 Å². The van der Waals surface area contributed by atoms with Crippen LogP contribution in [0.25, 0.3) is 5.95 Å². The summed E-state index contributed by atoms with van der Waals surface area (Å²) >= 11 is 0. The molecule has 0 saturated heterocycles. The van der Waals surface area contributed by atoms with E-state index in [4.69, 9.17) is 0 Å². The van der Waals surface area contributed by atoms with Gasteiger partial charge in [-0.15, -0.1) is 5.10 Å². The third-order valence-electron chi connectivity index (χ3n) is 1.04. The first kappa shape index (κ1) is 5.77. The van der Waals surface area contributed by atoms with E-state index in [0.717, 1.165) is 10.9 Å². The maximum Gasteiger partial charge on any atom is 0.448 e. The fraction of sp³-hybridized carbons (Fsp3) is 0. The van der Waals surface area contributed by atoms with Crippen molar-refractivity contribution in [2.24, 2.45) is 0 Å². The number of hydrogen-bond donors (Lipinski definition) is 1. The summed E-state index contributed by atoms with van der Waals surface area (Å²) < 4.78 is 5.24. The minimum atomic E-state index is -0.647. The fourth-order valence-electron chi connectivity index (χ4n) is 0.599. The lowest BCUT2D eigenvalue weighted by Crippen LogP contribution is -2.12. The molecule has 0 fully saturated rings. The largest absolute Gasteiger partial charge is 0.448 e. The van der Waals surface area contributed by atoms with E-state index in [1.807, 2.05) is 0 Å². The topological polar surface area (TPSA) is 102 Å². The van der Waals surface area contributed by atoms with Gasteiger partial charge in [-0.3, -0.25) is 4.52 Å². The molecule has 0 spiro atoms. The van der Waals surface area contributed by atoms with Crippen molar-refractivity contribution in [1.82, 2.24) is 30.3 Å². The monoisotopic (exact) mass is 154 g/mol. The molecule has 0 saturated carbocycles. The summed E-state index contributed by atoms with van der Waals surface area (Å²) in [5.41, 5.74) is 0. The summed E-state index contributed by atoms with van der Waals surface area (Å²) in [5.74, 6) is -0.539. The summed E-state index contributed by atoms with van der Waals surface area (Å²) in [6.45, 7) is 0. The fourth-order valence-corrected chi connectivity index (χ4v) is 0.599. The van der Waals surface area contributed by atoms with E-state index in [-0.39, 0.29) is 5.95 Å². The third kappa shape index (κ3) is 0.801. The van der Waals surface area contributed by atoms with Gasteiger partial charge in [0, 0.05) is 0 Å². The minimum absolute atomic E-state index is 0.108. The van der Waals surface area contributed by atoms with Crippen LogP contribution >= 0.6 is 0 Å². The highest BCUT2D eigenvalue weighted by molar-refractivity contribution is 5.00. The lowest BCUT2D eigenvalue weighted by Gasteiger charge is -1.82. The molecule has 0 radical (unpaired) electrons. The van der Waals surface area contributed by atoms with E-state index in [9.17, 15) is 4.79 Å². The van der Waals surface area contributed by atoms with Crippen LogP contribution in [0.5, 0.6) is 0 Å². The van der Waals surface area contributed by atoms with Crippen LogP contribution in [0.2, 0.25) is 0 Å². The maximum absolute atomic E-state index is 10.7. The van der Waals surface area contributed by atoms with Crippen LogP contribution < -0.4 is 5.76 Å². The molecule has 1 N–H and O–H groups in total. The molecule has 8 heteroatoms. The van der Waals surface area contributed by atoms with Crippen molar-refractivity contribution in [3.63, 3.8) is 0 Å². The van der Waals surface area contributed by atoms with E-state index in [0.29, 0.717) is 0 Å². The molecule has 0 aliphatic heterocycles. The Morgan fingerprint density at radius 3 is 3.09 bits per heavy atom. The Labute approximate surface area is 58.8 Å². The molecular formula is C3H2N6O2. The zero-order valence-corrected chi connectivity index (χ0v) is 5.13. The first-order valence-corrected chi connectivity index (χ1v) is 2.65. The number of rotatable bonds is 1. The van der Waals surface area contributed by atoms with Crippen LogP contribution in [-0.4, -0.2) is 30.3 Å². The second-order valence-corrected chi connectivity index (χ2v) is 1.66. The molecule has 8 nitrogen and oxygen atoms in total. The van der Waals surface area contributed by atoms with Crippen LogP contribution in [0.4, 0.5) is 0 Å². The van der Waals surface area contributed by atoms with Gasteiger partial charge in [-0.2, -0.15) is 9.78 Å². The van der Waals surface area contributed by atoms with Crippen molar-refractivity contribution >= 4 is 0 Å². The van der Waals surface area contributed by atoms with Crippen molar-refractivity contribution in [3.05, 3.63) is 16.9 Å². The molecular weight excluding hydrogens is 152 g/mol. The zero-order valence-electron chi connectivity index (χ0n) is 5.13. The van der Waals surface area contributed by atoms with Crippen LogP contribution in [0, 0.1) is 0 Å². The van der Waals surface area contributed by atoms with Crippen molar-refractivity contribution < 1.29 is 4.52 Å². The number of hydrogen-bond acceptors (Lipinski definition) is 6. The number of H-pyrrole nitrogens is 1. The van der Waals surface area contributed by atoms with Crippen molar-refractivity contribution in [3.8, 4) is 5.95 Å². The quantitative estimate of drug-likeness (QED) is 0.527. The average Bonchev–Trinajstić information content (AvgIpc) is 2.55.